The third-order valence-electron chi connectivity index (χ3n) is 3.47. The lowest BCUT2D eigenvalue weighted by Crippen LogP contribution is -2.50. The van der Waals surface area contributed by atoms with E-state index in [4.69, 9.17) is 16.3 Å². The predicted molar refractivity (Wildman–Crippen MR) is 85.1 cm³/mol. The number of benzene rings is 1. The average molecular weight is 344 g/mol. The molecule has 0 unspecified atom stereocenters. The molecular weight excluding hydrogens is 325 g/mol. The highest BCUT2D eigenvalue weighted by Crippen LogP contribution is 2.18. The highest BCUT2D eigenvalue weighted by molar-refractivity contribution is 6.30. The Balaban J connectivity index is 1.79. The zero-order valence-corrected chi connectivity index (χ0v) is 13.6. The summed E-state index contributed by atoms with van der Waals surface area (Å²) in [5.74, 6) is -0.881. The van der Waals surface area contributed by atoms with Crippen LogP contribution in [0.15, 0.2) is 18.2 Å². The quantitative estimate of drug-likeness (QED) is 0.910. The van der Waals surface area contributed by atoms with Crippen LogP contribution < -0.4 is 5.32 Å². The maximum Gasteiger partial charge on any atom is 0.409 e. The standard InChI is InChI=1S/C15H19ClFN3O3/c1-2-23-15(22)20-7-5-19(6-8-20)10-14(21)18-13-4-3-11(16)9-12(13)17/h3-4,9H,2,5-8,10H2,1H3,(H,18,21). The van der Waals surface area contributed by atoms with Gasteiger partial charge in [0.1, 0.15) is 5.82 Å². The molecule has 1 saturated heterocycles. The van der Waals surface area contributed by atoms with Gasteiger partial charge in [0.25, 0.3) is 0 Å². The molecule has 1 fully saturated rings. The summed E-state index contributed by atoms with van der Waals surface area (Å²) < 4.78 is 18.6. The third-order valence-corrected chi connectivity index (χ3v) is 3.71. The molecule has 0 aromatic heterocycles. The molecule has 0 bridgehead atoms. The van der Waals surface area contributed by atoms with Gasteiger partial charge < -0.3 is 15.0 Å². The lowest BCUT2D eigenvalue weighted by Gasteiger charge is -2.33. The van der Waals surface area contributed by atoms with Crippen LogP contribution in [0.2, 0.25) is 5.02 Å². The Morgan fingerprint density at radius 1 is 1.30 bits per heavy atom. The minimum Gasteiger partial charge on any atom is -0.450 e. The Morgan fingerprint density at radius 2 is 2.00 bits per heavy atom. The molecule has 2 amide bonds. The molecule has 126 valence electrons. The van der Waals surface area contributed by atoms with Gasteiger partial charge in [-0.25, -0.2) is 9.18 Å². The van der Waals surface area contributed by atoms with Gasteiger partial charge in [-0.2, -0.15) is 0 Å². The van der Waals surface area contributed by atoms with Crippen LogP contribution in [0, 0.1) is 5.82 Å². The van der Waals surface area contributed by atoms with Gasteiger partial charge in [0.15, 0.2) is 0 Å². The number of ether oxygens (including phenoxy) is 1. The minimum absolute atomic E-state index is 0.101. The number of halogens is 2. The summed E-state index contributed by atoms with van der Waals surface area (Å²) >= 11 is 5.67. The van der Waals surface area contributed by atoms with E-state index in [0.29, 0.717) is 32.8 Å². The fourth-order valence-electron chi connectivity index (χ4n) is 2.29. The first-order chi connectivity index (χ1) is 11.0. The molecule has 1 aliphatic heterocycles. The van der Waals surface area contributed by atoms with Crippen molar-refractivity contribution in [2.24, 2.45) is 0 Å². The third kappa shape index (κ3) is 5.07. The monoisotopic (exact) mass is 343 g/mol. The Kier molecular flexibility index (Phi) is 6.18. The molecule has 23 heavy (non-hydrogen) atoms. The molecule has 0 atom stereocenters. The van der Waals surface area contributed by atoms with E-state index in [-0.39, 0.29) is 29.3 Å². The van der Waals surface area contributed by atoms with Crippen LogP contribution in [0.4, 0.5) is 14.9 Å². The first kappa shape index (κ1) is 17.5. The van der Waals surface area contributed by atoms with Crippen LogP contribution in [0.3, 0.4) is 0 Å². The second kappa shape index (κ2) is 8.12. The van der Waals surface area contributed by atoms with E-state index in [1.54, 1.807) is 11.8 Å². The fourth-order valence-corrected chi connectivity index (χ4v) is 2.45. The second-order valence-corrected chi connectivity index (χ2v) is 5.57. The van der Waals surface area contributed by atoms with Gasteiger partial charge in [-0.05, 0) is 25.1 Å². The van der Waals surface area contributed by atoms with E-state index in [0.717, 1.165) is 6.07 Å². The number of carbonyl (C=O) groups is 2. The molecule has 1 aliphatic rings. The van der Waals surface area contributed by atoms with E-state index in [2.05, 4.69) is 5.32 Å². The zero-order chi connectivity index (χ0) is 16.8. The average Bonchev–Trinajstić information content (AvgIpc) is 2.51. The van der Waals surface area contributed by atoms with Crippen LogP contribution in [0.1, 0.15) is 6.92 Å². The van der Waals surface area contributed by atoms with Crippen molar-refractivity contribution in [1.29, 1.82) is 0 Å². The minimum atomic E-state index is -0.571. The number of hydrogen-bond donors (Lipinski definition) is 1. The summed E-state index contributed by atoms with van der Waals surface area (Å²) in [4.78, 5) is 27.1. The lowest BCUT2D eigenvalue weighted by molar-refractivity contribution is -0.117. The number of nitrogens with one attached hydrogen (secondary N) is 1. The molecule has 2 rings (SSSR count). The number of nitrogens with zero attached hydrogens (tertiary/aromatic N) is 2. The second-order valence-electron chi connectivity index (χ2n) is 5.13. The first-order valence-corrected chi connectivity index (χ1v) is 7.76. The van der Waals surface area contributed by atoms with Gasteiger partial charge in [-0.1, -0.05) is 11.6 Å². The van der Waals surface area contributed by atoms with Crippen LogP contribution in [0.5, 0.6) is 0 Å². The molecule has 1 aromatic carbocycles. The normalized spacial score (nSPS) is 15.3. The Bertz CT molecular complexity index is 577. The van der Waals surface area contributed by atoms with Crippen LogP contribution >= 0.6 is 11.6 Å². The van der Waals surface area contributed by atoms with Gasteiger partial charge in [0.05, 0.1) is 18.8 Å². The van der Waals surface area contributed by atoms with E-state index < -0.39 is 5.82 Å². The van der Waals surface area contributed by atoms with Gasteiger partial charge in [-0.3, -0.25) is 9.69 Å². The van der Waals surface area contributed by atoms with Crippen molar-refractivity contribution in [3.8, 4) is 0 Å². The van der Waals surface area contributed by atoms with Crippen molar-refractivity contribution in [3.63, 3.8) is 0 Å². The lowest BCUT2D eigenvalue weighted by atomic mass is 10.3. The van der Waals surface area contributed by atoms with E-state index in [1.165, 1.54) is 12.1 Å². The number of rotatable bonds is 4. The van der Waals surface area contributed by atoms with Gasteiger partial charge in [-0.15, -0.1) is 0 Å². The summed E-state index contributed by atoms with van der Waals surface area (Å²) in [6.45, 7) is 4.37. The maximum atomic E-state index is 13.6. The first-order valence-electron chi connectivity index (χ1n) is 7.38. The highest BCUT2D eigenvalue weighted by atomic mass is 35.5. The SMILES string of the molecule is CCOC(=O)N1CCN(CC(=O)Nc2ccc(Cl)cc2F)CC1. The van der Waals surface area contributed by atoms with Gasteiger partial charge in [0, 0.05) is 31.2 Å². The van der Waals surface area contributed by atoms with Crippen molar-refractivity contribution in [2.45, 2.75) is 6.92 Å². The molecule has 0 radical (unpaired) electrons. The molecule has 1 heterocycles. The summed E-state index contributed by atoms with van der Waals surface area (Å²) in [7, 11) is 0. The van der Waals surface area contributed by atoms with E-state index in [9.17, 15) is 14.0 Å². The van der Waals surface area contributed by atoms with Crippen molar-refractivity contribution < 1.29 is 18.7 Å². The number of amides is 2. The van der Waals surface area contributed by atoms with Crippen LogP contribution in [-0.4, -0.2) is 61.1 Å². The molecule has 1 aromatic rings. The predicted octanol–water partition coefficient (Wildman–Crippen LogP) is 2.19. The fraction of sp³-hybridized carbons (Fsp3) is 0.467. The van der Waals surface area contributed by atoms with Gasteiger partial charge >= 0.3 is 6.09 Å². The van der Waals surface area contributed by atoms with Gasteiger partial charge in [0.2, 0.25) is 5.91 Å². The summed E-state index contributed by atoms with van der Waals surface area (Å²) in [5.41, 5.74) is 0.101. The number of carbonyl (C=O) groups excluding carboxylic acids is 2. The van der Waals surface area contributed by atoms with Crippen molar-refractivity contribution in [1.82, 2.24) is 9.80 Å². The highest BCUT2D eigenvalue weighted by Gasteiger charge is 2.23. The van der Waals surface area contributed by atoms with Crippen molar-refractivity contribution in [2.75, 3.05) is 44.6 Å². The Hall–Kier alpha value is -1.86. The van der Waals surface area contributed by atoms with Crippen LogP contribution in [-0.2, 0) is 9.53 Å². The molecule has 1 N–H and O–H groups in total. The maximum absolute atomic E-state index is 13.6. The zero-order valence-electron chi connectivity index (χ0n) is 12.8. The largest absolute Gasteiger partial charge is 0.450 e. The van der Waals surface area contributed by atoms with Crippen LogP contribution in [0.25, 0.3) is 0 Å². The Labute approximate surface area is 139 Å². The molecule has 6 nitrogen and oxygen atoms in total. The van der Waals surface area contributed by atoms with E-state index >= 15 is 0 Å². The number of piperazine rings is 1. The van der Waals surface area contributed by atoms with Crippen molar-refractivity contribution in [3.05, 3.63) is 29.0 Å². The molecule has 0 aliphatic carbocycles. The summed E-state index contributed by atoms with van der Waals surface area (Å²) in [5, 5.41) is 2.79. The Morgan fingerprint density at radius 3 is 2.61 bits per heavy atom. The topological polar surface area (TPSA) is 61.9 Å². The molecular formula is C15H19ClFN3O3. The van der Waals surface area contributed by atoms with E-state index in [1.807, 2.05) is 4.90 Å². The number of anilines is 1. The molecule has 8 heteroatoms. The molecule has 0 spiro atoms. The number of hydrogen-bond acceptors (Lipinski definition) is 4. The smallest absolute Gasteiger partial charge is 0.409 e. The molecule has 0 saturated carbocycles. The summed E-state index contributed by atoms with van der Waals surface area (Å²) in [6, 6.07) is 4.09. The van der Waals surface area contributed by atoms with Crippen molar-refractivity contribution >= 4 is 29.3 Å². The summed E-state index contributed by atoms with van der Waals surface area (Å²) in [6.07, 6.45) is -0.333.